The normalized spacial score (nSPS) is 19.5. The summed E-state index contributed by atoms with van der Waals surface area (Å²) in [6.45, 7) is 0.701. The highest BCUT2D eigenvalue weighted by molar-refractivity contribution is 7.98. The van der Waals surface area contributed by atoms with Crippen molar-refractivity contribution >= 4 is 27.5 Å². The molecule has 0 saturated carbocycles. The maximum atomic E-state index is 13.4. The van der Waals surface area contributed by atoms with Gasteiger partial charge in [0, 0.05) is 24.1 Å². The summed E-state index contributed by atoms with van der Waals surface area (Å²) in [5, 5.41) is 2.81. The number of carbonyl (C=O) groups excluding carboxylic acids is 1. The number of likely N-dealkylation sites (N-methyl/N-ethyl adjacent to an activating group) is 1. The fourth-order valence-electron chi connectivity index (χ4n) is 2.59. The van der Waals surface area contributed by atoms with Crippen molar-refractivity contribution in [3.8, 4) is 0 Å². The zero-order chi connectivity index (χ0) is 17.6. The van der Waals surface area contributed by atoms with Crippen molar-refractivity contribution in [2.75, 3.05) is 37.4 Å². The molecule has 134 valence electrons. The van der Waals surface area contributed by atoms with Crippen LogP contribution in [0.15, 0.2) is 24.3 Å². The molecule has 1 unspecified atom stereocenters. The van der Waals surface area contributed by atoms with Crippen LogP contribution >= 0.6 is 11.8 Å². The minimum atomic E-state index is -2.94. The summed E-state index contributed by atoms with van der Waals surface area (Å²) in [5.41, 5.74) is 0.663. The van der Waals surface area contributed by atoms with Gasteiger partial charge in [-0.2, -0.15) is 11.8 Å². The lowest BCUT2D eigenvalue weighted by Gasteiger charge is -2.22. The average molecular weight is 375 g/mol. The molecule has 1 N–H and O–H groups in total. The smallest absolute Gasteiger partial charge is 0.234 e. The summed E-state index contributed by atoms with van der Waals surface area (Å²) in [5.74, 6) is 1.28. The summed E-state index contributed by atoms with van der Waals surface area (Å²) in [6.07, 6.45) is 0.588. The molecule has 1 aromatic rings. The van der Waals surface area contributed by atoms with E-state index < -0.39 is 9.84 Å². The molecule has 8 heteroatoms. The summed E-state index contributed by atoms with van der Waals surface area (Å²) in [6, 6.07) is 6.59. The molecule has 0 bridgehead atoms. The number of sulfone groups is 1. The highest BCUT2D eigenvalue weighted by Crippen LogP contribution is 2.16. The van der Waals surface area contributed by atoms with Crippen molar-refractivity contribution in [3.63, 3.8) is 0 Å². The molecule has 1 aliphatic heterocycles. The van der Waals surface area contributed by atoms with Gasteiger partial charge in [0.05, 0.1) is 18.1 Å². The van der Waals surface area contributed by atoms with Crippen LogP contribution in [-0.4, -0.2) is 62.7 Å². The van der Waals surface area contributed by atoms with Crippen LogP contribution in [0.5, 0.6) is 0 Å². The Morgan fingerprint density at radius 3 is 2.83 bits per heavy atom. The number of benzene rings is 1. The van der Waals surface area contributed by atoms with Crippen LogP contribution in [0.4, 0.5) is 4.39 Å². The molecule has 5 nitrogen and oxygen atoms in total. The van der Waals surface area contributed by atoms with Crippen molar-refractivity contribution < 1.29 is 17.6 Å². The maximum absolute atomic E-state index is 13.4. The van der Waals surface area contributed by atoms with Crippen molar-refractivity contribution in [2.45, 2.75) is 18.2 Å². The minimum Gasteiger partial charge on any atom is -0.354 e. The summed E-state index contributed by atoms with van der Waals surface area (Å²) in [4.78, 5) is 13.7. The first-order valence-corrected chi connectivity index (χ1v) is 10.8. The molecule has 0 aromatic heterocycles. The summed E-state index contributed by atoms with van der Waals surface area (Å²) < 4.78 is 36.4. The van der Waals surface area contributed by atoms with Crippen LogP contribution in [-0.2, 0) is 20.4 Å². The Bertz CT molecular complexity index is 667. The van der Waals surface area contributed by atoms with Gasteiger partial charge in [-0.25, -0.2) is 12.8 Å². The van der Waals surface area contributed by atoms with E-state index in [2.05, 4.69) is 5.32 Å². The maximum Gasteiger partial charge on any atom is 0.234 e. The standard InChI is InChI=1S/C16H23FN2O3S2/c1-19(14-6-9-24(21,22)12-14)10-16(20)18-7-8-23-11-13-4-2-3-5-15(13)17/h2-5,14H,6-12H2,1H3,(H,18,20). The minimum absolute atomic E-state index is 0.0730. The van der Waals surface area contributed by atoms with E-state index in [1.807, 2.05) is 0 Å². The van der Waals surface area contributed by atoms with Crippen LogP contribution in [0.25, 0.3) is 0 Å². The van der Waals surface area contributed by atoms with Gasteiger partial charge in [0.25, 0.3) is 0 Å². The molecule has 1 atom stereocenters. The number of thioether (sulfide) groups is 1. The van der Waals surface area contributed by atoms with Gasteiger partial charge < -0.3 is 5.32 Å². The fraction of sp³-hybridized carbons (Fsp3) is 0.562. The Morgan fingerprint density at radius 2 is 2.17 bits per heavy atom. The summed E-state index contributed by atoms with van der Waals surface area (Å²) in [7, 11) is -1.16. The van der Waals surface area contributed by atoms with Gasteiger partial charge in [-0.1, -0.05) is 18.2 Å². The van der Waals surface area contributed by atoms with Gasteiger partial charge in [-0.3, -0.25) is 9.69 Å². The SMILES string of the molecule is CN(CC(=O)NCCSCc1ccccc1F)C1CCS(=O)(=O)C1. The molecular formula is C16H23FN2O3S2. The zero-order valence-electron chi connectivity index (χ0n) is 13.7. The van der Waals surface area contributed by atoms with E-state index in [9.17, 15) is 17.6 Å². The molecule has 1 heterocycles. The Labute approximate surface area is 146 Å². The number of hydrogen-bond donors (Lipinski definition) is 1. The number of nitrogens with zero attached hydrogens (tertiary/aromatic N) is 1. The van der Waals surface area contributed by atoms with Crippen LogP contribution in [0.1, 0.15) is 12.0 Å². The van der Waals surface area contributed by atoms with Gasteiger partial charge in [-0.05, 0) is 25.1 Å². The second-order valence-electron chi connectivity index (χ2n) is 5.97. The number of carbonyl (C=O) groups is 1. The monoisotopic (exact) mass is 374 g/mol. The van der Waals surface area contributed by atoms with Gasteiger partial charge in [0.15, 0.2) is 9.84 Å². The third-order valence-corrected chi connectivity index (χ3v) is 6.77. The average Bonchev–Trinajstić information content (AvgIpc) is 2.89. The fourth-order valence-corrected chi connectivity index (χ4v) is 5.24. The van der Waals surface area contributed by atoms with Gasteiger partial charge in [0.2, 0.25) is 5.91 Å². The molecule has 1 aromatic carbocycles. The van der Waals surface area contributed by atoms with Gasteiger partial charge in [0.1, 0.15) is 5.82 Å². The second kappa shape index (κ2) is 8.82. The van der Waals surface area contributed by atoms with E-state index >= 15 is 0 Å². The van der Waals surface area contributed by atoms with E-state index in [1.165, 1.54) is 6.07 Å². The molecule has 1 amide bonds. The number of halogens is 1. The van der Waals surface area contributed by atoms with Crippen molar-refractivity contribution in [1.82, 2.24) is 10.2 Å². The third kappa shape index (κ3) is 6.07. The van der Waals surface area contributed by atoms with E-state index in [0.29, 0.717) is 30.0 Å². The first-order valence-electron chi connectivity index (χ1n) is 7.86. The largest absolute Gasteiger partial charge is 0.354 e. The number of nitrogens with one attached hydrogen (secondary N) is 1. The lowest BCUT2D eigenvalue weighted by Crippen LogP contribution is -2.41. The molecule has 0 spiro atoms. The van der Waals surface area contributed by atoms with E-state index in [4.69, 9.17) is 0 Å². The van der Waals surface area contributed by atoms with Crippen molar-refractivity contribution in [1.29, 1.82) is 0 Å². The van der Waals surface area contributed by atoms with Crippen LogP contribution in [0.2, 0.25) is 0 Å². The molecule has 1 fully saturated rings. The van der Waals surface area contributed by atoms with E-state index in [-0.39, 0.29) is 35.8 Å². The van der Waals surface area contributed by atoms with Crippen LogP contribution in [0.3, 0.4) is 0 Å². The first-order chi connectivity index (χ1) is 11.4. The predicted octanol–water partition coefficient (Wildman–Crippen LogP) is 1.29. The number of hydrogen-bond acceptors (Lipinski definition) is 5. The second-order valence-corrected chi connectivity index (χ2v) is 9.30. The summed E-state index contributed by atoms with van der Waals surface area (Å²) >= 11 is 1.56. The first kappa shape index (κ1) is 19.2. The Balaban J connectivity index is 1.61. The van der Waals surface area contributed by atoms with E-state index in [1.54, 1.807) is 41.9 Å². The Kier molecular flexibility index (Phi) is 7.06. The lowest BCUT2D eigenvalue weighted by atomic mass is 10.2. The Hall–Kier alpha value is -1.12. The quantitative estimate of drug-likeness (QED) is 0.695. The number of amides is 1. The Morgan fingerprint density at radius 1 is 1.42 bits per heavy atom. The number of rotatable bonds is 8. The van der Waals surface area contributed by atoms with Crippen molar-refractivity contribution in [3.05, 3.63) is 35.6 Å². The zero-order valence-corrected chi connectivity index (χ0v) is 15.3. The molecule has 0 aliphatic carbocycles. The molecule has 1 aliphatic rings. The van der Waals surface area contributed by atoms with E-state index in [0.717, 1.165) is 0 Å². The van der Waals surface area contributed by atoms with Gasteiger partial charge >= 0.3 is 0 Å². The molecule has 24 heavy (non-hydrogen) atoms. The molecule has 2 rings (SSSR count). The highest BCUT2D eigenvalue weighted by Gasteiger charge is 2.31. The molecular weight excluding hydrogens is 351 g/mol. The predicted molar refractivity (Wildman–Crippen MR) is 95.3 cm³/mol. The molecule has 1 saturated heterocycles. The highest BCUT2D eigenvalue weighted by atomic mass is 32.2. The molecule has 0 radical (unpaired) electrons. The topological polar surface area (TPSA) is 66.5 Å². The van der Waals surface area contributed by atoms with Crippen LogP contribution < -0.4 is 5.32 Å². The van der Waals surface area contributed by atoms with Gasteiger partial charge in [-0.15, -0.1) is 0 Å². The third-order valence-electron chi connectivity index (χ3n) is 4.01. The van der Waals surface area contributed by atoms with Crippen LogP contribution in [0, 0.1) is 5.82 Å². The lowest BCUT2D eigenvalue weighted by molar-refractivity contribution is -0.122. The van der Waals surface area contributed by atoms with Crippen molar-refractivity contribution in [2.24, 2.45) is 0 Å².